The van der Waals surface area contributed by atoms with Crippen molar-refractivity contribution in [1.82, 2.24) is 0 Å². The molecular weight excluding hydrogens is 405 g/mol. The van der Waals surface area contributed by atoms with Gasteiger partial charge in [0.1, 0.15) is 0 Å². The van der Waals surface area contributed by atoms with Crippen LogP contribution in [0.25, 0.3) is 0 Å². The van der Waals surface area contributed by atoms with Gasteiger partial charge < -0.3 is 10.5 Å². The number of carbonyl (C=O) groups excluding carboxylic acids is 1. The van der Waals surface area contributed by atoms with Crippen LogP contribution in [0.4, 0.5) is 13.2 Å². The summed E-state index contributed by atoms with van der Waals surface area (Å²) >= 11 is 0.878. The lowest BCUT2D eigenvalue weighted by molar-refractivity contribution is -0.140. The molecule has 10 heteroatoms. The van der Waals surface area contributed by atoms with E-state index in [0.29, 0.717) is 0 Å². The lowest BCUT2D eigenvalue weighted by atomic mass is 9.75. The number of alkyl halides is 3. The van der Waals surface area contributed by atoms with Gasteiger partial charge in [-0.05, 0) is 25.5 Å². The maximum Gasteiger partial charge on any atom is 0.416 e. The first-order chi connectivity index (χ1) is 13.6. The first kappa shape index (κ1) is 22.5. The summed E-state index contributed by atoms with van der Waals surface area (Å²) in [7, 11) is 0. The molecular formula is C19H19F3N4O2S. The topological polar surface area (TPSA) is 112 Å². The summed E-state index contributed by atoms with van der Waals surface area (Å²) in [5.74, 6) is -3.14. The van der Waals surface area contributed by atoms with Crippen LogP contribution < -0.4 is 5.73 Å². The van der Waals surface area contributed by atoms with Gasteiger partial charge in [0.2, 0.25) is 0 Å². The molecule has 0 bridgehead atoms. The van der Waals surface area contributed by atoms with E-state index in [1.807, 2.05) is 6.07 Å². The van der Waals surface area contributed by atoms with Gasteiger partial charge >= 0.3 is 12.1 Å². The minimum atomic E-state index is -4.67. The number of aliphatic imine (C=N–C) groups is 1. The molecule has 1 aromatic carbocycles. The number of ether oxygens (including phenoxy) is 1. The fourth-order valence-electron chi connectivity index (χ4n) is 3.17. The molecule has 1 aliphatic rings. The summed E-state index contributed by atoms with van der Waals surface area (Å²) in [5, 5.41) is 16.8. The van der Waals surface area contributed by atoms with Crippen LogP contribution in [0.1, 0.15) is 30.9 Å². The number of nitriles is 1. The number of halogens is 3. The van der Waals surface area contributed by atoms with Crippen LogP contribution in [0.15, 0.2) is 40.5 Å². The van der Waals surface area contributed by atoms with Gasteiger partial charge in [0.15, 0.2) is 5.17 Å². The van der Waals surface area contributed by atoms with Gasteiger partial charge in [-0.3, -0.25) is 10.4 Å². The average Bonchev–Trinajstić information content (AvgIpc) is 2.65. The molecule has 0 radical (unpaired) electrons. The van der Waals surface area contributed by atoms with Gasteiger partial charge in [-0.2, -0.15) is 18.4 Å². The van der Waals surface area contributed by atoms with E-state index in [9.17, 15) is 23.2 Å². The van der Waals surface area contributed by atoms with Crippen LogP contribution in [0.2, 0.25) is 0 Å². The third-order valence-corrected chi connectivity index (χ3v) is 5.05. The van der Waals surface area contributed by atoms with Crippen LogP contribution in [0.5, 0.6) is 0 Å². The van der Waals surface area contributed by atoms with Crippen molar-refractivity contribution in [2.75, 3.05) is 12.4 Å². The molecule has 3 N–H and O–H groups in total. The fourth-order valence-corrected chi connectivity index (χ4v) is 3.68. The zero-order chi connectivity index (χ0) is 21.8. The summed E-state index contributed by atoms with van der Waals surface area (Å²) in [4.78, 5) is 17.0. The zero-order valence-corrected chi connectivity index (χ0v) is 16.5. The molecule has 6 nitrogen and oxygen atoms in total. The molecule has 29 heavy (non-hydrogen) atoms. The van der Waals surface area contributed by atoms with E-state index in [1.165, 1.54) is 25.1 Å². The number of hydrogen-bond acceptors (Lipinski definition) is 6. The number of amidine groups is 1. The van der Waals surface area contributed by atoms with Gasteiger partial charge in [-0.15, -0.1) is 0 Å². The molecule has 0 spiro atoms. The molecule has 0 aliphatic carbocycles. The molecule has 1 aliphatic heterocycles. The van der Waals surface area contributed by atoms with Crippen molar-refractivity contribution < 1.29 is 22.7 Å². The zero-order valence-electron chi connectivity index (χ0n) is 15.7. The molecule has 0 aromatic heterocycles. The second-order valence-electron chi connectivity index (χ2n) is 6.16. The molecule has 1 heterocycles. The predicted molar refractivity (Wildman–Crippen MR) is 104 cm³/mol. The van der Waals surface area contributed by atoms with Gasteiger partial charge in [0.05, 0.1) is 35.4 Å². The molecule has 154 valence electrons. The summed E-state index contributed by atoms with van der Waals surface area (Å²) in [6.45, 7) is 3.10. The number of rotatable bonds is 5. The molecule has 0 saturated carbocycles. The minimum absolute atomic E-state index is 0.00299. The second kappa shape index (κ2) is 9.13. The van der Waals surface area contributed by atoms with Gasteiger partial charge in [-0.25, -0.2) is 4.79 Å². The normalized spacial score (nSPS) is 19.4. The number of nitrogens with zero attached hydrogens (tertiary/aromatic N) is 2. The minimum Gasteiger partial charge on any atom is -0.463 e. The molecule has 1 aromatic rings. The van der Waals surface area contributed by atoms with E-state index >= 15 is 0 Å². The highest BCUT2D eigenvalue weighted by Gasteiger charge is 2.43. The number of thioether (sulfide) groups is 1. The van der Waals surface area contributed by atoms with Crippen molar-refractivity contribution in [1.29, 1.82) is 10.7 Å². The largest absolute Gasteiger partial charge is 0.463 e. The first-order valence-corrected chi connectivity index (χ1v) is 9.58. The van der Waals surface area contributed by atoms with E-state index in [-0.39, 0.29) is 40.1 Å². The summed E-state index contributed by atoms with van der Waals surface area (Å²) < 4.78 is 46.1. The van der Waals surface area contributed by atoms with Crippen molar-refractivity contribution in [2.24, 2.45) is 16.6 Å². The summed E-state index contributed by atoms with van der Waals surface area (Å²) in [5.41, 5.74) is 4.54. The molecule has 0 saturated heterocycles. The Morgan fingerprint density at radius 3 is 2.62 bits per heavy atom. The van der Waals surface area contributed by atoms with Crippen LogP contribution in [-0.2, 0) is 15.7 Å². The van der Waals surface area contributed by atoms with E-state index in [0.717, 1.165) is 17.8 Å². The Morgan fingerprint density at radius 2 is 2.07 bits per heavy atom. The number of benzene rings is 1. The van der Waals surface area contributed by atoms with E-state index in [1.54, 1.807) is 6.92 Å². The lowest BCUT2D eigenvalue weighted by Gasteiger charge is -2.31. The highest BCUT2D eigenvalue weighted by Crippen LogP contribution is 2.44. The van der Waals surface area contributed by atoms with Crippen molar-refractivity contribution >= 4 is 28.6 Å². The van der Waals surface area contributed by atoms with Crippen LogP contribution >= 0.6 is 11.8 Å². The van der Waals surface area contributed by atoms with E-state index < -0.39 is 29.5 Å². The molecule has 0 amide bonds. The third-order valence-electron chi connectivity index (χ3n) is 4.32. The smallest absolute Gasteiger partial charge is 0.416 e. The van der Waals surface area contributed by atoms with Crippen molar-refractivity contribution in [3.8, 4) is 6.07 Å². The third kappa shape index (κ3) is 4.98. The Kier molecular flexibility index (Phi) is 7.08. The Labute approximate surface area is 170 Å². The molecule has 2 rings (SSSR count). The maximum atomic E-state index is 13.7. The van der Waals surface area contributed by atoms with Gasteiger partial charge in [0.25, 0.3) is 0 Å². The Morgan fingerprint density at radius 1 is 1.41 bits per heavy atom. The highest BCUT2D eigenvalue weighted by molar-refractivity contribution is 8.13. The number of hydrogen-bond donors (Lipinski definition) is 2. The number of nitrogens with two attached hydrogens (primary N) is 1. The lowest BCUT2D eigenvalue weighted by Crippen LogP contribution is -2.32. The molecule has 2 atom stereocenters. The average molecular weight is 424 g/mol. The number of carbonyl (C=O) groups is 1. The van der Waals surface area contributed by atoms with Gasteiger partial charge in [0, 0.05) is 17.4 Å². The van der Waals surface area contributed by atoms with Gasteiger partial charge in [-0.1, -0.05) is 30.0 Å². The highest BCUT2D eigenvalue weighted by atomic mass is 32.2. The standard InChI is InChI=1S/C19H19F3N4O2S/c1-3-28-17(27)16-14(9-29-18(24)25)26-10(2)12(8-23)15(16)11-6-4-5-7-13(11)19(20,21)22/h4-7,12,15H,3,9H2,1-2H3,(H3,24,25). The number of esters is 1. The predicted octanol–water partition coefficient (Wildman–Crippen LogP) is 3.85. The van der Waals surface area contributed by atoms with Crippen molar-refractivity contribution in [3.05, 3.63) is 46.7 Å². The SMILES string of the molecule is CCOC(=O)C1=C(CSC(=N)N)N=C(C)C(C#N)C1c1ccccc1C(F)(F)F. The Bertz CT molecular complexity index is 919. The summed E-state index contributed by atoms with van der Waals surface area (Å²) in [6, 6.07) is 6.82. The fraction of sp³-hybridized carbons (Fsp3) is 0.368. The monoisotopic (exact) mass is 424 g/mol. The van der Waals surface area contributed by atoms with Crippen molar-refractivity contribution in [3.63, 3.8) is 0 Å². The van der Waals surface area contributed by atoms with Crippen LogP contribution in [-0.4, -0.2) is 29.2 Å². The van der Waals surface area contributed by atoms with E-state index in [2.05, 4.69) is 4.99 Å². The van der Waals surface area contributed by atoms with Crippen LogP contribution in [0, 0.1) is 22.7 Å². The van der Waals surface area contributed by atoms with E-state index in [4.69, 9.17) is 15.9 Å². The maximum absolute atomic E-state index is 13.7. The molecule has 0 fully saturated rings. The Hall–Kier alpha value is -2.80. The quantitative estimate of drug-likeness (QED) is 0.424. The van der Waals surface area contributed by atoms with Crippen molar-refractivity contribution in [2.45, 2.75) is 25.9 Å². The second-order valence-corrected chi connectivity index (χ2v) is 7.17. The summed E-state index contributed by atoms with van der Waals surface area (Å²) in [6.07, 6.45) is -4.67. The Balaban J connectivity index is 2.77. The van der Waals surface area contributed by atoms with Crippen LogP contribution in [0.3, 0.4) is 0 Å². The first-order valence-electron chi connectivity index (χ1n) is 8.59. The molecule has 2 unspecified atom stereocenters. The number of nitrogens with one attached hydrogen (secondary N) is 1.